The van der Waals surface area contributed by atoms with E-state index in [0.717, 1.165) is 5.56 Å². The van der Waals surface area contributed by atoms with Crippen molar-refractivity contribution in [2.75, 3.05) is 6.61 Å². The number of ether oxygens (including phenoxy) is 2. The average Bonchev–Trinajstić information content (AvgIpc) is 2.80. The molecule has 0 unspecified atom stereocenters. The third-order valence-electron chi connectivity index (χ3n) is 4.40. The van der Waals surface area contributed by atoms with Crippen molar-refractivity contribution in [3.05, 3.63) is 100 Å². The van der Waals surface area contributed by atoms with Gasteiger partial charge < -0.3 is 19.9 Å². The van der Waals surface area contributed by atoms with Gasteiger partial charge in [0.25, 0.3) is 5.91 Å². The molecule has 0 heterocycles. The highest BCUT2D eigenvalue weighted by atomic mass is 35.5. The highest BCUT2D eigenvalue weighted by Gasteiger charge is 2.14. The van der Waals surface area contributed by atoms with E-state index >= 15 is 0 Å². The van der Waals surface area contributed by atoms with Crippen LogP contribution in [0.3, 0.4) is 0 Å². The second kappa shape index (κ2) is 11.0. The molecule has 0 aliphatic rings. The van der Waals surface area contributed by atoms with Crippen LogP contribution in [-0.4, -0.2) is 23.6 Å². The molecule has 3 aromatic carbocycles. The van der Waals surface area contributed by atoms with Crippen LogP contribution in [0.4, 0.5) is 0 Å². The van der Waals surface area contributed by atoms with Crippen molar-refractivity contribution in [3.8, 4) is 11.5 Å². The maximum Gasteiger partial charge on any atom is 0.352 e. The van der Waals surface area contributed by atoms with Crippen molar-refractivity contribution >= 4 is 29.6 Å². The van der Waals surface area contributed by atoms with Gasteiger partial charge >= 0.3 is 5.97 Å². The van der Waals surface area contributed by atoms with Gasteiger partial charge in [-0.1, -0.05) is 48.0 Å². The molecule has 0 aliphatic heterocycles. The summed E-state index contributed by atoms with van der Waals surface area (Å²) in [6.07, 6.45) is 1.37. The summed E-state index contributed by atoms with van der Waals surface area (Å²) in [7, 11) is 0. The van der Waals surface area contributed by atoms with Crippen molar-refractivity contribution in [1.82, 2.24) is 5.32 Å². The number of benzene rings is 3. The molecule has 1 amide bonds. The number of carbonyl (C=O) groups excluding carboxylic acids is 1. The molecule has 0 atom stereocenters. The first-order valence-corrected chi connectivity index (χ1v) is 10.3. The van der Waals surface area contributed by atoms with E-state index in [9.17, 15) is 14.7 Å². The summed E-state index contributed by atoms with van der Waals surface area (Å²) < 4.78 is 11.5. The molecule has 0 fully saturated rings. The molecule has 0 saturated heterocycles. The molecule has 6 nitrogen and oxygen atoms in total. The zero-order valence-corrected chi connectivity index (χ0v) is 18.1. The Morgan fingerprint density at radius 1 is 0.969 bits per heavy atom. The number of hydrogen-bond acceptors (Lipinski definition) is 4. The number of carboxylic acids is 1. The van der Waals surface area contributed by atoms with E-state index in [0.29, 0.717) is 40.9 Å². The quantitative estimate of drug-likeness (QED) is 0.438. The minimum absolute atomic E-state index is 0.254. The lowest BCUT2D eigenvalue weighted by Crippen LogP contribution is -2.27. The van der Waals surface area contributed by atoms with Crippen molar-refractivity contribution in [3.63, 3.8) is 0 Å². The first-order chi connectivity index (χ1) is 15.5. The topological polar surface area (TPSA) is 84.9 Å². The Morgan fingerprint density at radius 3 is 2.34 bits per heavy atom. The van der Waals surface area contributed by atoms with Gasteiger partial charge in [0.1, 0.15) is 12.3 Å². The molecule has 7 heteroatoms. The smallest absolute Gasteiger partial charge is 0.352 e. The molecule has 0 bridgehead atoms. The molecule has 0 aliphatic carbocycles. The van der Waals surface area contributed by atoms with Crippen molar-refractivity contribution in [2.45, 2.75) is 13.5 Å². The zero-order valence-electron chi connectivity index (χ0n) is 17.4. The predicted molar refractivity (Wildman–Crippen MR) is 123 cm³/mol. The number of aliphatic carboxylic acids is 1. The highest BCUT2D eigenvalue weighted by Crippen LogP contribution is 2.30. The van der Waals surface area contributed by atoms with Gasteiger partial charge in [-0.15, -0.1) is 0 Å². The van der Waals surface area contributed by atoms with Crippen LogP contribution in [0.5, 0.6) is 11.5 Å². The Morgan fingerprint density at radius 2 is 1.69 bits per heavy atom. The summed E-state index contributed by atoms with van der Waals surface area (Å²) >= 11 is 5.91. The van der Waals surface area contributed by atoms with E-state index in [1.54, 1.807) is 60.7 Å². The average molecular weight is 452 g/mol. The Labute approximate surface area is 191 Å². The fourth-order valence-corrected chi connectivity index (χ4v) is 2.97. The van der Waals surface area contributed by atoms with Crippen molar-refractivity contribution in [2.24, 2.45) is 0 Å². The van der Waals surface area contributed by atoms with E-state index in [2.05, 4.69) is 5.32 Å². The summed E-state index contributed by atoms with van der Waals surface area (Å²) in [4.78, 5) is 24.0. The minimum atomic E-state index is -1.25. The van der Waals surface area contributed by atoms with Crippen LogP contribution in [0.1, 0.15) is 28.4 Å². The lowest BCUT2D eigenvalue weighted by atomic mass is 10.1. The Kier molecular flexibility index (Phi) is 7.89. The molecular formula is C25H22ClNO5. The summed E-state index contributed by atoms with van der Waals surface area (Å²) in [5.74, 6) is -0.777. The van der Waals surface area contributed by atoms with Crippen LogP contribution in [0, 0.1) is 0 Å². The molecule has 2 N–H and O–H groups in total. The molecule has 0 radical (unpaired) electrons. The van der Waals surface area contributed by atoms with Crippen molar-refractivity contribution < 1.29 is 24.2 Å². The van der Waals surface area contributed by atoms with E-state index in [-0.39, 0.29) is 5.70 Å². The summed E-state index contributed by atoms with van der Waals surface area (Å²) in [6, 6.07) is 20.8. The molecule has 0 aromatic heterocycles. The standard InChI is InChI=1S/C25H22ClNO5/c1-2-31-23-15-18(10-13-22(23)32-16-17-8-11-20(26)12-9-17)14-21(25(29)30)27-24(28)19-6-4-3-5-7-19/h3-15H,2,16H2,1H3,(H,27,28)(H,29,30)/b21-14+. The Balaban J connectivity index is 1.79. The first kappa shape index (κ1) is 22.9. The summed E-state index contributed by atoms with van der Waals surface area (Å²) in [6.45, 7) is 2.56. The van der Waals surface area contributed by atoms with E-state index in [1.807, 2.05) is 19.1 Å². The van der Waals surface area contributed by atoms with Gasteiger partial charge in [0.05, 0.1) is 6.61 Å². The number of rotatable bonds is 9. The minimum Gasteiger partial charge on any atom is -0.490 e. The van der Waals surface area contributed by atoms with Crippen LogP contribution >= 0.6 is 11.6 Å². The van der Waals surface area contributed by atoms with Gasteiger partial charge in [-0.05, 0) is 60.5 Å². The fourth-order valence-electron chi connectivity index (χ4n) is 2.85. The molecule has 32 heavy (non-hydrogen) atoms. The highest BCUT2D eigenvalue weighted by molar-refractivity contribution is 6.30. The molecule has 0 spiro atoms. The van der Waals surface area contributed by atoms with E-state index < -0.39 is 11.9 Å². The van der Waals surface area contributed by atoms with Gasteiger partial charge in [-0.2, -0.15) is 0 Å². The number of carbonyl (C=O) groups is 2. The van der Waals surface area contributed by atoms with Crippen molar-refractivity contribution in [1.29, 1.82) is 0 Å². The van der Waals surface area contributed by atoms with Gasteiger partial charge in [0, 0.05) is 10.6 Å². The molecule has 0 saturated carbocycles. The predicted octanol–water partition coefficient (Wildman–Crippen LogP) is 5.17. The Bertz CT molecular complexity index is 1110. The van der Waals surface area contributed by atoms with Crippen LogP contribution in [0.2, 0.25) is 5.02 Å². The summed E-state index contributed by atoms with van der Waals surface area (Å²) in [5.41, 5.74) is 1.59. The van der Waals surface area contributed by atoms with E-state index in [1.165, 1.54) is 6.08 Å². The van der Waals surface area contributed by atoms with E-state index in [4.69, 9.17) is 21.1 Å². The SMILES string of the molecule is CCOc1cc(/C=C(/NC(=O)c2ccccc2)C(=O)O)ccc1OCc1ccc(Cl)cc1. The zero-order chi connectivity index (χ0) is 22.9. The van der Waals surface area contributed by atoms with Gasteiger partial charge in [0.15, 0.2) is 11.5 Å². The molecule has 3 aromatic rings. The van der Waals surface area contributed by atoms with Gasteiger partial charge in [-0.3, -0.25) is 4.79 Å². The number of nitrogens with one attached hydrogen (secondary N) is 1. The third kappa shape index (κ3) is 6.36. The largest absolute Gasteiger partial charge is 0.490 e. The summed E-state index contributed by atoms with van der Waals surface area (Å²) in [5, 5.41) is 12.6. The van der Waals surface area contributed by atoms with Crippen LogP contribution in [-0.2, 0) is 11.4 Å². The van der Waals surface area contributed by atoms with Crippen LogP contribution < -0.4 is 14.8 Å². The monoisotopic (exact) mass is 451 g/mol. The molecule has 164 valence electrons. The van der Waals surface area contributed by atoms with Gasteiger partial charge in [-0.25, -0.2) is 4.79 Å². The fraction of sp³-hybridized carbons (Fsp3) is 0.120. The Hall–Kier alpha value is -3.77. The number of halogens is 1. The van der Waals surface area contributed by atoms with Crippen LogP contribution in [0.15, 0.2) is 78.5 Å². The van der Waals surface area contributed by atoms with Gasteiger partial charge in [0.2, 0.25) is 0 Å². The maximum atomic E-state index is 12.3. The second-order valence-corrected chi connectivity index (χ2v) is 7.17. The molecule has 3 rings (SSSR count). The lowest BCUT2D eigenvalue weighted by Gasteiger charge is -2.13. The van der Waals surface area contributed by atoms with Crippen LogP contribution in [0.25, 0.3) is 6.08 Å². The number of amides is 1. The normalized spacial score (nSPS) is 11.0. The first-order valence-electron chi connectivity index (χ1n) is 9.91. The second-order valence-electron chi connectivity index (χ2n) is 6.74. The number of hydrogen-bond donors (Lipinski definition) is 2. The lowest BCUT2D eigenvalue weighted by molar-refractivity contribution is -0.132. The third-order valence-corrected chi connectivity index (χ3v) is 4.65. The number of carboxylic acid groups (broad SMARTS) is 1. The molecular weight excluding hydrogens is 430 g/mol. The maximum absolute atomic E-state index is 12.3.